The van der Waals surface area contributed by atoms with Crippen molar-refractivity contribution in [3.63, 3.8) is 0 Å². The molecule has 3 unspecified atom stereocenters. The lowest BCUT2D eigenvalue weighted by molar-refractivity contribution is -0.141. The van der Waals surface area contributed by atoms with E-state index in [1.807, 2.05) is 0 Å². The van der Waals surface area contributed by atoms with Crippen molar-refractivity contribution in [2.45, 2.75) is 31.8 Å². The topological polar surface area (TPSA) is 43.8 Å². The van der Waals surface area contributed by atoms with Crippen LogP contribution in [0.15, 0.2) is 0 Å². The SMILES string of the molecule is CC1CC(N2CCC(C(=O)O)C2)CN1C. The lowest BCUT2D eigenvalue weighted by atomic mass is 10.1. The first-order chi connectivity index (χ1) is 7.08. The summed E-state index contributed by atoms with van der Waals surface area (Å²) in [5.41, 5.74) is 0. The second kappa shape index (κ2) is 4.10. The first-order valence-corrected chi connectivity index (χ1v) is 5.75. The number of hydrogen-bond donors (Lipinski definition) is 1. The molecule has 0 spiro atoms. The minimum Gasteiger partial charge on any atom is -0.481 e. The normalized spacial score (nSPS) is 38.7. The Hall–Kier alpha value is -0.610. The molecule has 0 aromatic carbocycles. The Morgan fingerprint density at radius 1 is 1.40 bits per heavy atom. The van der Waals surface area contributed by atoms with Crippen LogP contribution in [0.4, 0.5) is 0 Å². The molecule has 4 heteroatoms. The molecule has 3 atom stereocenters. The van der Waals surface area contributed by atoms with E-state index in [0.29, 0.717) is 12.1 Å². The van der Waals surface area contributed by atoms with Crippen LogP contribution in [0.25, 0.3) is 0 Å². The molecule has 0 aromatic rings. The van der Waals surface area contributed by atoms with Crippen LogP contribution >= 0.6 is 0 Å². The second-order valence-electron chi connectivity index (χ2n) is 5.00. The summed E-state index contributed by atoms with van der Waals surface area (Å²) >= 11 is 0. The maximum atomic E-state index is 10.9. The van der Waals surface area contributed by atoms with Gasteiger partial charge in [-0.2, -0.15) is 0 Å². The Bertz CT molecular complexity index is 247. The van der Waals surface area contributed by atoms with E-state index in [2.05, 4.69) is 23.8 Å². The van der Waals surface area contributed by atoms with E-state index in [4.69, 9.17) is 5.11 Å². The zero-order valence-electron chi connectivity index (χ0n) is 9.52. The minimum absolute atomic E-state index is 0.133. The van der Waals surface area contributed by atoms with Gasteiger partial charge in [0.1, 0.15) is 0 Å². The molecular weight excluding hydrogens is 192 g/mol. The number of rotatable bonds is 2. The van der Waals surface area contributed by atoms with E-state index in [1.54, 1.807) is 0 Å². The van der Waals surface area contributed by atoms with Gasteiger partial charge in [-0.25, -0.2) is 0 Å². The third kappa shape index (κ3) is 2.16. The summed E-state index contributed by atoms with van der Waals surface area (Å²) in [6.07, 6.45) is 2.01. The Kier molecular flexibility index (Phi) is 2.98. The van der Waals surface area contributed by atoms with Gasteiger partial charge in [0.15, 0.2) is 0 Å². The molecule has 0 bridgehead atoms. The molecule has 0 aliphatic carbocycles. The second-order valence-corrected chi connectivity index (χ2v) is 5.00. The van der Waals surface area contributed by atoms with E-state index in [1.165, 1.54) is 6.42 Å². The molecule has 2 rings (SSSR count). The Morgan fingerprint density at radius 3 is 2.60 bits per heavy atom. The van der Waals surface area contributed by atoms with Crippen molar-refractivity contribution in [2.75, 3.05) is 26.7 Å². The van der Waals surface area contributed by atoms with Crippen LogP contribution in [-0.4, -0.2) is 59.6 Å². The fourth-order valence-electron chi connectivity index (χ4n) is 2.75. The summed E-state index contributed by atoms with van der Waals surface area (Å²) < 4.78 is 0. The van der Waals surface area contributed by atoms with Crippen molar-refractivity contribution in [1.29, 1.82) is 0 Å². The third-order valence-corrected chi connectivity index (χ3v) is 3.95. The van der Waals surface area contributed by atoms with Crippen LogP contribution in [0.5, 0.6) is 0 Å². The molecule has 0 aromatic heterocycles. The van der Waals surface area contributed by atoms with Gasteiger partial charge in [-0.15, -0.1) is 0 Å². The standard InChI is InChI=1S/C11H20N2O2/c1-8-5-10(7-12(8)2)13-4-3-9(6-13)11(14)15/h8-10H,3-7H2,1-2H3,(H,14,15). The summed E-state index contributed by atoms with van der Waals surface area (Å²) in [5.74, 6) is -0.761. The smallest absolute Gasteiger partial charge is 0.307 e. The predicted molar refractivity (Wildman–Crippen MR) is 57.8 cm³/mol. The van der Waals surface area contributed by atoms with Crippen LogP contribution in [0.2, 0.25) is 0 Å². The highest BCUT2D eigenvalue weighted by molar-refractivity contribution is 5.70. The molecule has 2 saturated heterocycles. The van der Waals surface area contributed by atoms with Crippen LogP contribution in [-0.2, 0) is 4.79 Å². The number of aliphatic carboxylic acids is 1. The maximum absolute atomic E-state index is 10.9. The van der Waals surface area contributed by atoms with Crippen LogP contribution < -0.4 is 0 Å². The molecule has 2 fully saturated rings. The van der Waals surface area contributed by atoms with Crippen molar-refractivity contribution < 1.29 is 9.90 Å². The zero-order chi connectivity index (χ0) is 11.0. The highest BCUT2D eigenvalue weighted by Gasteiger charge is 2.36. The average Bonchev–Trinajstić information content (AvgIpc) is 2.74. The highest BCUT2D eigenvalue weighted by Crippen LogP contribution is 2.26. The summed E-state index contributed by atoms with van der Waals surface area (Å²) in [6, 6.07) is 1.22. The molecule has 15 heavy (non-hydrogen) atoms. The molecular formula is C11H20N2O2. The summed E-state index contributed by atoms with van der Waals surface area (Å²) in [4.78, 5) is 15.6. The molecule has 0 saturated carbocycles. The zero-order valence-corrected chi connectivity index (χ0v) is 9.52. The van der Waals surface area contributed by atoms with E-state index in [0.717, 1.165) is 26.1 Å². The molecule has 86 valence electrons. The number of carboxylic acids is 1. The van der Waals surface area contributed by atoms with Gasteiger partial charge in [-0.3, -0.25) is 9.69 Å². The number of carbonyl (C=O) groups is 1. The summed E-state index contributed by atoms with van der Waals surface area (Å²) in [6.45, 7) is 5.04. The third-order valence-electron chi connectivity index (χ3n) is 3.95. The van der Waals surface area contributed by atoms with E-state index in [9.17, 15) is 4.79 Å². The Labute approximate surface area is 90.9 Å². The van der Waals surface area contributed by atoms with E-state index in [-0.39, 0.29) is 5.92 Å². The van der Waals surface area contributed by atoms with Crippen LogP contribution in [0.1, 0.15) is 19.8 Å². The maximum Gasteiger partial charge on any atom is 0.307 e. The monoisotopic (exact) mass is 212 g/mol. The van der Waals surface area contributed by atoms with Gasteiger partial charge < -0.3 is 10.0 Å². The van der Waals surface area contributed by atoms with E-state index < -0.39 is 5.97 Å². The van der Waals surface area contributed by atoms with Gasteiger partial charge in [-0.05, 0) is 33.4 Å². The lowest BCUT2D eigenvalue weighted by Gasteiger charge is -2.23. The molecule has 1 N–H and O–H groups in total. The van der Waals surface area contributed by atoms with Crippen LogP contribution in [0, 0.1) is 5.92 Å². The van der Waals surface area contributed by atoms with Gasteiger partial charge in [-0.1, -0.05) is 0 Å². The van der Waals surface area contributed by atoms with Gasteiger partial charge >= 0.3 is 5.97 Å². The Morgan fingerprint density at radius 2 is 2.13 bits per heavy atom. The molecule has 4 nitrogen and oxygen atoms in total. The number of likely N-dealkylation sites (tertiary alicyclic amines) is 2. The summed E-state index contributed by atoms with van der Waals surface area (Å²) in [5, 5.41) is 8.94. The molecule has 2 aliphatic heterocycles. The van der Waals surface area contributed by atoms with Crippen molar-refractivity contribution in [1.82, 2.24) is 9.80 Å². The van der Waals surface area contributed by atoms with Crippen molar-refractivity contribution in [3.8, 4) is 0 Å². The van der Waals surface area contributed by atoms with Gasteiger partial charge in [0.2, 0.25) is 0 Å². The van der Waals surface area contributed by atoms with Crippen molar-refractivity contribution >= 4 is 5.97 Å². The highest BCUT2D eigenvalue weighted by atomic mass is 16.4. The lowest BCUT2D eigenvalue weighted by Crippen LogP contribution is -2.35. The van der Waals surface area contributed by atoms with E-state index >= 15 is 0 Å². The van der Waals surface area contributed by atoms with Gasteiger partial charge in [0.25, 0.3) is 0 Å². The summed E-state index contributed by atoms with van der Waals surface area (Å²) in [7, 11) is 2.15. The van der Waals surface area contributed by atoms with Gasteiger partial charge in [0, 0.05) is 25.2 Å². The first kappa shape index (κ1) is 10.9. The first-order valence-electron chi connectivity index (χ1n) is 5.75. The molecule has 2 aliphatic rings. The average molecular weight is 212 g/mol. The predicted octanol–water partition coefficient (Wildman–Crippen LogP) is 0.486. The largest absolute Gasteiger partial charge is 0.481 e. The Balaban J connectivity index is 1.89. The fraction of sp³-hybridized carbons (Fsp3) is 0.909. The van der Waals surface area contributed by atoms with Gasteiger partial charge in [0.05, 0.1) is 5.92 Å². The minimum atomic E-state index is -0.628. The number of carboxylic acid groups (broad SMARTS) is 1. The molecule has 0 amide bonds. The van der Waals surface area contributed by atoms with Crippen molar-refractivity contribution in [3.05, 3.63) is 0 Å². The van der Waals surface area contributed by atoms with Crippen LogP contribution in [0.3, 0.4) is 0 Å². The van der Waals surface area contributed by atoms with Crippen molar-refractivity contribution in [2.24, 2.45) is 5.92 Å². The quantitative estimate of drug-likeness (QED) is 0.723. The molecule has 2 heterocycles. The number of hydrogen-bond acceptors (Lipinski definition) is 3. The number of nitrogens with zero attached hydrogens (tertiary/aromatic N) is 2. The fourth-order valence-corrected chi connectivity index (χ4v) is 2.75. The number of likely N-dealkylation sites (N-methyl/N-ethyl adjacent to an activating group) is 1. The molecule has 0 radical (unpaired) electrons.